The first kappa shape index (κ1) is 15.3. The Morgan fingerprint density at radius 1 is 1.40 bits per heavy atom. The van der Waals surface area contributed by atoms with Crippen molar-refractivity contribution in [3.05, 3.63) is 23.8 Å². The van der Waals surface area contributed by atoms with Crippen LogP contribution in [0.4, 0.5) is 5.69 Å². The van der Waals surface area contributed by atoms with E-state index in [-0.39, 0.29) is 10.9 Å². The first-order chi connectivity index (χ1) is 9.42. The van der Waals surface area contributed by atoms with Gasteiger partial charge in [-0.15, -0.1) is 0 Å². The summed E-state index contributed by atoms with van der Waals surface area (Å²) in [7, 11) is -1.45. The molecule has 1 aliphatic heterocycles. The summed E-state index contributed by atoms with van der Waals surface area (Å²) in [5.74, 6) is 0. The summed E-state index contributed by atoms with van der Waals surface area (Å²) in [6.07, 6.45) is 3.39. The largest absolute Gasteiger partial charge is 0.398 e. The van der Waals surface area contributed by atoms with E-state index in [4.69, 9.17) is 5.73 Å². The molecule has 1 unspecified atom stereocenters. The second-order valence-electron chi connectivity index (χ2n) is 5.45. The number of benzene rings is 1. The van der Waals surface area contributed by atoms with E-state index in [2.05, 4.69) is 9.62 Å². The molecule has 1 fully saturated rings. The number of nitrogens with one attached hydrogen (secondary N) is 1. The third-order valence-electron chi connectivity index (χ3n) is 4.05. The lowest BCUT2D eigenvalue weighted by atomic mass is 10.0. The first-order valence-corrected chi connectivity index (χ1v) is 8.45. The highest BCUT2D eigenvalue weighted by atomic mass is 32.2. The fraction of sp³-hybridized carbons (Fsp3) is 0.571. The van der Waals surface area contributed by atoms with Crippen molar-refractivity contribution in [2.75, 3.05) is 25.9 Å². The fourth-order valence-corrected chi connectivity index (χ4v) is 3.95. The molecule has 0 radical (unpaired) electrons. The predicted molar refractivity (Wildman–Crippen MR) is 81.0 cm³/mol. The predicted octanol–water partition coefficient (Wildman–Crippen LogP) is 1.34. The number of hydrogen-bond donors (Lipinski definition) is 2. The van der Waals surface area contributed by atoms with Crippen LogP contribution in [0.5, 0.6) is 0 Å². The summed E-state index contributed by atoms with van der Waals surface area (Å²) in [5.41, 5.74) is 6.89. The highest BCUT2D eigenvalue weighted by Crippen LogP contribution is 2.21. The van der Waals surface area contributed by atoms with E-state index in [9.17, 15) is 8.42 Å². The quantitative estimate of drug-likeness (QED) is 0.822. The summed E-state index contributed by atoms with van der Waals surface area (Å²) in [4.78, 5) is 2.49. The highest BCUT2D eigenvalue weighted by molar-refractivity contribution is 7.89. The van der Waals surface area contributed by atoms with Crippen molar-refractivity contribution in [2.45, 2.75) is 37.1 Å². The smallest absolute Gasteiger partial charge is 0.240 e. The maximum absolute atomic E-state index is 12.4. The standard InChI is InChI=1S/C14H23N3O2S/c1-11-13(15)7-5-8-14(11)20(18,19)16-10-12-6-3-4-9-17(12)2/h5,7-8,12,16H,3-4,6,9-10,15H2,1-2H3. The van der Waals surface area contributed by atoms with E-state index in [0.29, 0.717) is 17.8 Å². The summed E-state index contributed by atoms with van der Waals surface area (Å²) < 4.78 is 27.5. The number of nitrogens with zero attached hydrogens (tertiary/aromatic N) is 1. The summed E-state index contributed by atoms with van der Waals surface area (Å²) in [6, 6.07) is 5.26. The molecule has 0 saturated carbocycles. The summed E-state index contributed by atoms with van der Waals surface area (Å²) in [5, 5.41) is 0. The highest BCUT2D eigenvalue weighted by Gasteiger charge is 2.23. The zero-order valence-electron chi connectivity index (χ0n) is 12.1. The van der Waals surface area contributed by atoms with Crippen LogP contribution in [0.1, 0.15) is 24.8 Å². The van der Waals surface area contributed by atoms with E-state index in [1.807, 2.05) is 7.05 Å². The van der Waals surface area contributed by atoms with Crippen LogP contribution >= 0.6 is 0 Å². The molecule has 1 aliphatic rings. The van der Waals surface area contributed by atoms with E-state index in [1.54, 1.807) is 25.1 Å². The lowest BCUT2D eigenvalue weighted by molar-refractivity contribution is 0.187. The lowest BCUT2D eigenvalue weighted by Gasteiger charge is -2.32. The summed E-state index contributed by atoms with van der Waals surface area (Å²) >= 11 is 0. The second kappa shape index (κ2) is 6.11. The second-order valence-corrected chi connectivity index (χ2v) is 7.19. The SMILES string of the molecule is Cc1c(N)cccc1S(=O)(=O)NCC1CCCCN1C. The first-order valence-electron chi connectivity index (χ1n) is 6.97. The molecular weight excluding hydrogens is 274 g/mol. The van der Waals surface area contributed by atoms with Gasteiger partial charge < -0.3 is 10.6 Å². The summed E-state index contributed by atoms with van der Waals surface area (Å²) in [6.45, 7) is 3.22. The van der Waals surface area contributed by atoms with Crippen molar-refractivity contribution in [1.82, 2.24) is 9.62 Å². The van der Waals surface area contributed by atoms with Crippen LogP contribution in [-0.2, 0) is 10.0 Å². The maximum Gasteiger partial charge on any atom is 0.240 e. The van der Waals surface area contributed by atoms with Crippen LogP contribution in [0.25, 0.3) is 0 Å². The van der Waals surface area contributed by atoms with Gasteiger partial charge in [0.15, 0.2) is 0 Å². The van der Waals surface area contributed by atoms with Crippen LogP contribution in [0.2, 0.25) is 0 Å². The Bertz CT molecular complexity index is 572. The Hall–Kier alpha value is -1.11. The molecule has 1 atom stereocenters. The van der Waals surface area contributed by atoms with Crippen LogP contribution in [0.3, 0.4) is 0 Å². The molecule has 3 N–H and O–H groups in total. The third kappa shape index (κ3) is 3.31. The average Bonchev–Trinajstić information content (AvgIpc) is 2.41. The van der Waals surface area contributed by atoms with Gasteiger partial charge in [-0.1, -0.05) is 12.5 Å². The number of rotatable bonds is 4. The molecule has 1 heterocycles. The number of piperidine rings is 1. The number of likely N-dealkylation sites (N-methyl/N-ethyl adjacent to an activating group) is 1. The van der Waals surface area contributed by atoms with E-state index < -0.39 is 10.0 Å². The number of anilines is 1. The van der Waals surface area contributed by atoms with Gasteiger partial charge in [0.25, 0.3) is 0 Å². The number of sulfonamides is 1. The van der Waals surface area contributed by atoms with Crippen LogP contribution in [-0.4, -0.2) is 39.5 Å². The van der Waals surface area contributed by atoms with Crippen LogP contribution in [0, 0.1) is 6.92 Å². The molecular formula is C14H23N3O2S. The monoisotopic (exact) mass is 297 g/mol. The molecule has 1 aromatic carbocycles. The Morgan fingerprint density at radius 2 is 2.15 bits per heavy atom. The number of likely N-dealkylation sites (tertiary alicyclic amines) is 1. The van der Waals surface area contributed by atoms with Crippen molar-refractivity contribution in [1.29, 1.82) is 0 Å². The van der Waals surface area contributed by atoms with E-state index in [0.717, 1.165) is 19.4 Å². The molecule has 2 rings (SSSR count). The molecule has 1 aromatic rings. The molecule has 0 amide bonds. The molecule has 5 nitrogen and oxygen atoms in total. The molecule has 0 aromatic heterocycles. The molecule has 0 aliphatic carbocycles. The Morgan fingerprint density at radius 3 is 2.85 bits per heavy atom. The van der Waals surface area contributed by atoms with E-state index in [1.165, 1.54) is 6.42 Å². The number of hydrogen-bond acceptors (Lipinski definition) is 4. The number of nitrogen functional groups attached to an aromatic ring is 1. The van der Waals surface area contributed by atoms with Crippen molar-refractivity contribution in [2.24, 2.45) is 0 Å². The third-order valence-corrected chi connectivity index (χ3v) is 5.61. The fourth-order valence-electron chi connectivity index (χ4n) is 2.61. The number of nitrogens with two attached hydrogens (primary N) is 1. The van der Waals surface area contributed by atoms with Crippen LogP contribution < -0.4 is 10.5 Å². The minimum Gasteiger partial charge on any atom is -0.398 e. The molecule has 6 heteroatoms. The maximum atomic E-state index is 12.4. The van der Waals surface area contributed by atoms with Gasteiger partial charge in [0.1, 0.15) is 0 Å². The topological polar surface area (TPSA) is 75.4 Å². The van der Waals surface area contributed by atoms with Gasteiger partial charge in [-0.2, -0.15) is 0 Å². The Labute approximate surface area is 121 Å². The van der Waals surface area contributed by atoms with Crippen LogP contribution in [0.15, 0.2) is 23.1 Å². The normalized spacial score (nSPS) is 21.0. The molecule has 0 bridgehead atoms. The molecule has 0 spiro atoms. The van der Waals surface area contributed by atoms with Gasteiger partial charge in [0.05, 0.1) is 4.90 Å². The molecule has 112 valence electrons. The zero-order chi connectivity index (χ0) is 14.8. The van der Waals surface area contributed by atoms with Gasteiger partial charge in [0, 0.05) is 18.3 Å². The van der Waals surface area contributed by atoms with Crippen molar-refractivity contribution >= 4 is 15.7 Å². The van der Waals surface area contributed by atoms with Gasteiger partial charge in [0.2, 0.25) is 10.0 Å². The van der Waals surface area contributed by atoms with Crippen molar-refractivity contribution in [3.8, 4) is 0 Å². The van der Waals surface area contributed by atoms with Crippen molar-refractivity contribution in [3.63, 3.8) is 0 Å². The van der Waals surface area contributed by atoms with Gasteiger partial charge in [-0.25, -0.2) is 13.1 Å². The molecule has 1 saturated heterocycles. The molecule has 20 heavy (non-hydrogen) atoms. The van der Waals surface area contributed by atoms with Gasteiger partial charge in [-0.05, 0) is 51.1 Å². The zero-order valence-corrected chi connectivity index (χ0v) is 12.9. The minimum atomic E-state index is -3.49. The lowest BCUT2D eigenvalue weighted by Crippen LogP contribution is -2.44. The van der Waals surface area contributed by atoms with Gasteiger partial charge in [-0.3, -0.25) is 0 Å². The van der Waals surface area contributed by atoms with Gasteiger partial charge >= 0.3 is 0 Å². The minimum absolute atomic E-state index is 0.274. The average molecular weight is 297 g/mol. The Kier molecular flexibility index (Phi) is 4.67. The van der Waals surface area contributed by atoms with E-state index >= 15 is 0 Å². The Balaban J connectivity index is 2.09. The van der Waals surface area contributed by atoms with Crippen molar-refractivity contribution < 1.29 is 8.42 Å².